The van der Waals surface area contributed by atoms with Crippen LogP contribution in [0.15, 0.2) is 71.8 Å². The van der Waals surface area contributed by atoms with Crippen LogP contribution in [-0.2, 0) is 0 Å². The van der Waals surface area contributed by atoms with E-state index in [2.05, 4.69) is 0 Å². The predicted octanol–water partition coefficient (Wildman–Crippen LogP) is 4.10. The van der Waals surface area contributed by atoms with Crippen molar-refractivity contribution in [3.8, 4) is 0 Å². The van der Waals surface area contributed by atoms with Crippen LogP contribution in [0, 0.1) is 0 Å². The zero-order valence-electron chi connectivity index (χ0n) is 11.7. The van der Waals surface area contributed by atoms with Crippen molar-refractivity contribution in [2.45, 2.75) is 6.92 Å². The summed E-state index contributed by atoms with van der Waals surface area (Å²) in [7, 11) is 0. The van der Waals surface area contributed by atoms with Gasteiger partial charge in [0.2, 0.25) is 0 Å². The topological polar surface area (TPSA) is 34.1 Å². The molecule has 1 aliphatic rings. The van der Waals surface area contributed by atoms with Crippen molar-refractivity contribution in [3.63, 3.8) is 0 Å². The van der Waals surface area contributed by atoms with Gasteiger partial charge in [0.1, 0.15) is 0 Å². The molecule has 0 fully saturated rings. The van der Waals surface area contributed by atoms with Gasteiger partial charge in [0.05, 0.1) is 5.57 Å². The molecule has 0 atom stereocenters. The van der Waals surface area contributed by atoms with E-state index in [9.17, 15) is 9.59 Å². The second kappa shape index (κ2) is 5.33. The molecule has 0 spiro atoms. The van der Waals surface area contributed by atoms with Gasteiger partial charge in [-0.25, -0.2) is 0 Å². The van der Waals surface area contributed by atoms with Gasteiger partial charge in [-0.1, -0.05) is 60.7 Å². The quantitative estimate of drug-likeness (QED) is 0.610. The summed E-state index contributed by atoms with van der Waals surface area (Å²) in [5.41, 5.74) is 3.18. The third kappa shape index (κ3) is 2.48. The van der Waals surface area contributed by atoms with Crippen LogP contribution in [-0.4, -0.2) is 11.6 Å². The third-order valence-electron chi connectivity index (χ3n) is 3.47. The number of carbonyl (C=O) groups excluding carboxylic acids is 2. The van der Waals surface area contributed by atoms with E-state index in [1.165, 1.54) is 0 Å². The number of ketones is 2. The Balaban J connectivity index is 1.97. The average molecular weight is 274 g/mol. The molecule has 0 aromatic heterocycles. The highest BCUT2D eigenvalue weighted by Gasteiger charge is 2.32. The maximum absolute atomic E-state index is 12.3. The summed E-state index contributed by atoms with van der Waals surface area (Å²) in [6, 6.07) is 16.8. The number of hydrogen-bond donors (Lipinski definition) is 0. The number of rotatable bonds is 2. The minimum absolute atomic E-state index is 0.184. The number of hydrogen-bond acceptors (Lipinski definition) is 2. The lowest BCUT2D eigenvalue weighted by Crippen LogP contribution is -2.00. The Morgan fingerprint density at radius 1 is 0.810 bits per heavy atom. The predicted molar refractivity (Wildman–Crippen MR) is 83.3 cm³/mol. The Hall–Kier alpha value is -2.74. The van der Waals surface area contributed by atoms with Gasteiger partial charge in [0.15, 0.2) is 11.6 Å². The molecule has 1 aliphatic carbocycles. The lowest BCUT2D eigenvalue weighted by atomic mass is 10.1. The average Bonchev–Trinajstić information content (AvgIpc) is 2.74. The fraction of sp³-hybridized carbons (Fsp3) is 0.0526. The molecule has 2 heteroatoms. The van der Waals surface area contributed by atoms with E-state index in [4.69, 9.17) is 0 Å². The summed E-state index contributed by atoms with van der Waals surface area (Å²) in [5, 5.41) is 0. The van der Waals surface area contributed by atoms with Crippen molar-refractivity contribution in [2.75, 3.05) is 0 Å². The molecule has 0 N–H and O–H groups in total. The molecule has 0 aliphatic heterocycles. The molecule has 2 nitrogen and oxygen atoms in total. The van der Waals surface area contributed by atoms with Crippen molar-refractivity contribution >= 4 is 17.6 Å². The summed E-state index contributed by atoms with van der Waals surface area (Å²) < 4.78 is 0. The Bertz CT molecular complexity index is 743. The van der Waals surface area contributed by atoms with Crippen LogP contribution in [0.3, 0.4) is 0 Å². The number of allylic oxidation sites excluding steroid dienone is 3. The van der Waals surface area contributed by atoms with Crippen LogP contribution in [0.25, 0.3) is 6.08 Å². The highest BCUT2D eigenvalue weighted by molar-refractivity contribution is 6.39. The first kappa shape index (κ1) is 13.3. The van der Waals surface area contributed by atoms with E-state index < -0.39 is 0 Å². The fourth-order valence-electron chi connectivity index (χ4n) is 2.48. The van der Waals surface area contributed by atoms with Crippen LogP contribution in [0.1, 0.15) is 33.2 Å². The molecule has 0 radical (unpaired) electrons. The van der Waals surface area contributed by atoms with E-state index in [0.29, 0.717) is 11.1 Å². The largest absolute Gasteiger partial charge is 0.288 e. The minimum atomic E-state index is -0.184. The number of fused-ring (bicyclic) bond motifs is 1. The molecule has 0 saturated heterocycles. The molecule has 2 aromatic rings. The number of carbonyl (C=O) groups is 2. The summed E-state index contributed by atoms with van der Waals surface area (Å²) in [6.07, 6.45) is 3.63. The van der Waals surface area contributed by atoms with Crippen LogP contribution in [0.4, 0.5) is 0 Å². The summed E-state index contributed by atoms with van der Waals surface area (Å²) in [6.45, 7) is 1.89. The van der Waals surface area contributed by atoms with Gasteiger partial charge < -0.3 is 0 Å². The van der Waals surface area contributed by atoms with Crippen LogP contribution in [0.5, 0.6) is 0 Å². The number of Topliss-reactive ketones (excluding diaryl/α,β-unsaturated/α-hetero) is 2. The molecule has 0 unspecified atom stereocenters. The first-order valence-corrected chi connectivity index (χ1v) is 6.80. The number of benzene rings is 2. The second-order valence-corrected chi connectivity index (χ2v) is 5.06. The maximum atomic E-state index is 12.3. The maximum Gasteiger partial charge on any atom is 0.197 e. The van der Waals surface area contributed by atoms with Gasteiger partial charge in [-0.3, -0.25) is 9.59 Å². The lowest BCUT2D eigenvalue weighted by molar-refractivity contribution is 0.0988. The van der Waals surface area contributed by atoms with E-state index in [-0.39, 0.29) is 17.1 Å². The molecule has 102 valence electrons. The van der Waals surface area contributed by atoms with Gasteiger partial charge in [-0.2, -0.15) is 0 Å². The van der Waals surface area contributed by atoms with Crippen LogP contribution >= 0.6 is 0 Å². The molecule has 2 aromatic carbocycles. The van der Waals surface area contributed by atoms with Gasteiger partial charge >= 0.3 is 0 Å². The van der Waals surface area contributed by atoms with E-state index in [0.717, 1.165) is 11.1 Å². The molecule has 0 saturated carbocycles. The molecular formula is C19H14O2. The molecule has 0 bridgehead atoms. The molecule has 21 heavy (non-hydrogen) atoms. The van der Waals surface area contributed by atoms with E-state index >= 15 is 0 Å². The summed E-state index contributed by atoms with van der Waals surface area (Å²) in [4.78, 5) is 24.6. The zero-order valence-corrected chi connectivity index (χ0v) is 11.7. The van der Waals surface area contributed by atoms with Crippen molar-refractivity contribution in [1.82, 2.24) is 0 Å². The SMILES string of the molecule is C/C(C=C1C(=O)c2ccccc2C1=O)=C\c1ccccc1. The van der Waals surface area contributed by atoms with Gasteiger partial charge in [-0.15, -0.1) is 0 Å². The third-order valence-corrected chi connectivity index (χ3v) is 3.47. The molecule has 3 rings (SSSR count). The fourth-order valence-corrected chi connectivity index (χ4v) is 2.48. The zero-order chi connectivity index (χ0) is 14.8. The molecule has 0 heterocycles. The Kier molecular flexibility index (Phi) is 3.36. The van der Waals surface area contributed by atoms with Crippen molar-refractivity contribution in [3.05, 3.63) is 88.5 Å². The van der Waals surface area contributed by atoms with Gasteiger partial charge in [-0.05, 0) is 24.1 Å². The molecular weight excluding hydrogens is 260 g/mol. The Morgan fingerprint density at radius 2 is 1.33 bits per heavy atom. The summed E-state index contributed by atoms with van der Waals surface area (Å²) in [5.74, 6) is -0.368. The second-order valence-electron chi connectivity index (χ2n) is 5.06. The summed E-state index contributed by atoms with van der Waals surface area (Å²) >= 11 is 0. The molecule has 0 amide bonds. The first-order valence-electron chi connectivity index (χ1n) is 6.80. The van der Waals surface area contributed by atoms with Gasteiger partial charge in [0.25, 0.3) is 0 Å². The van der Waals surface area contributed by atoms with E-state index in [1.807, 2.05) is 43.3 Å². The minimum Gasteiger partial charge on any atom is -0.288 e. The Morgan fingerprint density at radius 3 is 1.90 bits per heavy atom. The highest BCUT2D eigenvalue weighted by atomic mass is 16.2. The van der Waals surface area contributed by atoms with Crippen molar-refractivity contribution in [1.29, 1.82) is 0 Å². The highest BCUT2D eigenvalue weighted by Crippen LogP contribution is 2.27. The monoisotopic (exact) mass is 274 g/mol. The van der Waals surface area contributed by atoms with Crippen LogP contribution < -0.4 is 0 Å². The normalized spacial score (nSPS) is 14.3. The lowest BCUT2D eigenvalue weighted by Gasteiger charge is -1.97. The smallest absolute Gasteiger partial charge is 0.197 e. The van der Waals surface area contributed by atoms with Gasteiger partial charge in [0, 0.05) is 11.1 Å². The van der Waals surface area contributed by atoms with Crippen molar-refractivity contribution in [2.24, 2.45) is 0 Å². The van der Waals surface area contributed by atoms with E-state index in [1.54, 1.807) is 30.3 Å². The van der Waals surface area contributed by atoms with Crippen LogP contribution in [0.2, 0.25) is 0 Å². The Labute approximate surface area is 123 Å². The standard InChI is InChI=1S/C19H14O2/c1-13(11-14-7-3-2-4-8-14)12-17-18(20)15-9-5-6-10-16(15)19(17)21/h2-12H,1H3/b13-11+. The first-order chi connectivity index (χ1) is 10.2. The van der Waals surface area contributed by atoms with Crippen molar-refractivity contribution < 1.29 is 9.59 Å².